The van der Waals surface area contributed by atoms with E-state index in [1.807, 2.05) is 0 Å². The third kappa shape index (κ3) is 6.84. The van der Waals surface area contributed by atoms with Gasteiger partial charge in [-0.15, -0.1) is 0 Å². The van der Waals surface area contributed by atoms with Gasteiger partial charge in [0.15, 0.2) is 0 Å². The van der Waals surface area contributed by atoms with Crippen molar-refractivity contribution in [2.75, 3.05) is 5.32 Å². The maximum Gasteiger partial charge on any atom is 0.335 e. The fourth-order valence-corrected chi connectivity index (χ4v) is 10.5. The third-order valence-electron chi connectivity index (χ3n) is 13.0. The van der Waals surface area contributed by atoms with Gasteiger partial charge in [-0.2, -0.15) is 0 Å². The van der Waals surface area contributed by atoms with Crippen LogP contribution in [0.2, 0.25) is 0 Å². The molecule has 0 heterocycles. The van der Waals surface area contributed by atoms with Gasteiger partial charge in [-0.25, -0.2) is 9.59 Å². The Bertz CT molecular complexity index is 1300. The molecule has 0 radical (unpaired) electrons. The molecule has 0 spiro atoms. The second kappa shape index (κ2) is 13.6. The fourth-order valence-electron chi connectivity index (χ4n) is 10.5. The number of carboxylic acids is 2. The maximum atomic E-state index is 12.9. The van der Waals surface area contributed by atoms with Gasteiger partial charge in [-0.1, -0.05) is 20.8 Å². The molecule has 4 aliphatic rings. The van der Waals surface area contributed by atoms with E-state index in [0.717, 1.165) is 51.4 Å². The first-order valence-corrected chi connectivity index (χ1v) is 17.2. The number of carboxylic acid groups (broad SMARTS) is 2. The van der Waals surface area contributed by atoms with Crippen LogP contribution in [0.15, 0.2) is 24.3 Å². The van der Waals surface area contributed by atoms with Gasteiger partial charge in [0.05, 0.1) is 17.8 Å². The van der Waals surface area contributed by atoms with Gasteiger partial charge in [0.2, 0.25) is 11.8 Å². The highest BCUT2D eigenvalue weighted by molar-refractivity contribution is 5.93. The van der Waals surface area contributed by atoms with Crippen molar-refractivity contribution in [2.24, 2.45) is 46.3 Å². The maximum absolute atomic E-state index is 12.9. The van der Waals surface area contributed by atoms with Gasteiger partial charge in [-0.3, -0.25) is 9.59 Å². The summed E-state index contributed by atoms with van der Waals surface area (Å²) >= 11 is 0. The first kappa shape index (κ1) is 34.4. The van der Waals surface area contributed by atoms with Crippen molar-refractivity contribution < 1.29 is 39.6 Å². The van der Waals surface area contributed by atoms with Gasteiger partial charge in [-0.05, 0) is 135 Å². The Morgan fingerprint density at radius 2 is 1.50 bits per heavy atom. The number of aromatic carboxylic acids is 1. The van der Waals surface area contributed by atoms with Crippen molar-refractivity contribution in [3.8, 4) is 0 Å². The normalized spacial score (nSPS) is 36.3. The largest absolute Gasteiger partial charge is 0.480 e. The summed E-state index contributed by atoms with van der Waals surface area (Å²) < 4.78 is 0. The molecule has 46 heavy (non-hydrogen) atoms. The zero-order valence-electron chi connectivity index (χ0n) is 27.4. The molecule has 6 N–H and O–H groups in total. The zero-order valence-corrected chi connectivity index (χ0v) is 27.4. The molecular weight excluding hydrogens is 588 g/mol. The van der Waals surface area contributed by atoms with E-state index in [1.54, 1.807) is 0 Å². The molecule has 10 nitrogen and oxygen atoms in total. The van der Waals surface area contributed by atoms with Gasteiger partial charge in [0.1, 0.15) is 6.04 Å². The van der Waals surface area contributed by atoms with Crippen LogP contribution in [0.1, 0.15) is 108 Å². The van der Waals surface area contributed by atoms with E-state index in [0.29, 0.717) is 35.8 Å². The number of carbonyl (C=O) groups excluding carboxylic acids is 2. The van der Waals surface area contributed by atoms with Crippen LogP contribution in [0.25, 0.3) is 0 Å². The molecule has 0 bridgehead atoms. The SMILES string of the molecule is C[C@H](CCC(=O)N[C@@H](CCC(=O)Nc1ccc(C(=O)O)cc1)C(=O)O)[C@H]1CC[C@H]2[C@@H]3[C@H](O)C[C@H]4C[C@H](O)CC[C@]4(C)[C@H]3CC[C@]12C. The first-order chi connectivity index (χ1) is 21.7. The van der Waals surface area contributed by atoms with Crippen LogP contribution in [0, 0.1) is 46.3 Å². The lowest BCUT2D eigenvalue weighted by Crippen LogP contribution is -2.58. The summed E-state index contributed by atoms with van der Waals surface area (Å²) in [4.78, 5) is 48.2. The predicted molar refractivity (Wildman–Crippen MR) is 172 cm³/mol. The molecule has 11 atom stereocenters. The molecular formula is C36H52N2O8. The summed E-state index contributed by atoms with van der Waals surface area (Å²) in [5.41, 5.74) is 0.773. The number of aliphatic hydroxyl groups excluding tert-OH is 2. The van der Waals surface area contributed by atoms with Crippen molar-refractivity contribution in [1.29, 1.82) is 0 Å². The Kier molecular flexibility index (Phi) is 10.2. The zero-order chi connectivity index (χ0) is 33.4. The highest BCUT2D eigenvalue weighted by atomic mass is 16.4. The number of amides is 2. The van der Waals surface area contributed by atoms with E-state index in [2.05, 4.69) is 31.4 Å². The molecule has 1 aromatic rings. The van der Waals surface area contributed by atoms with Crippen molar-refractivity contribution >= 4 is 29.4 Å². The smallest absolute Gasteiger partial charge is 0.335 e. The minimum atomic E-state index is -1.20. The van der Waals surface area contributed by atoms with Gasteiger partial charge < -0.3 is 31.1 Å². The average Bonchev–Trinajstić information content (AvgIpc) is 3.36. The number of carbonyl (C=O) groups is 4. The molecule has 10 heteroatoms. The topological polar surface area (TPSA) is 173 Å². The number of nitrogens with one attached hydrogen (secondary N) is 2. The van der Waals surface area contributed by atoms with E-state index in [9.17, 15) is 34.5 Å². The van der Waals surface area contributed by atoms with Crippen molar-refractivity contribution in [3.05, 3.63) is 29.8 Å². The number of fused-ring (bicyclic) bond motifs is 5. The summed E-state index contributed by atoms with van der Waals surface area (Å²) in [5.74, 6) is -0.732. The standard InChI is InChI=1S/C36H52N2O8/c1-20(4-12-31(42)38-28(34(45)46)11-13-30(41)37-23-7-5-21(6-8-23)33(43)44)25-9-10-26-32-27(15-17-36(25,26)3)35(2)16-14-24(39)18-22(35)19-29(32)40/h5-8,20,22,24-29,32,39-40H,4,9-19H2,1-3H3,(H,37,41)(H,38,42)(H,43,44)(H,45,46)/t20-,22-,24-,25-,26+,27+,28+,29-,32+,35+,36-/m1/s1. The molecule has 4 saturated carbocycles. The van der Waals surface area contributed by atoms with Crippen LogP contribution >= 0.6 is 0 Å². The van der Waals surface area contributed by atoms with Gasteiger partial charge in [0.25, 0.3) is 0 Å². The minimum Gasteiger partial charge on any atom is -0.480 e. The highest BCUT2D eigenvalue weighted by Crippen LogP contribution is 2.68. The van der Waals surface area contributed by atoms with Crippen LogP contribution < -0.4 is 10.6 Å². The second-order valence-electron chi connectivity index (χ2n) is 15.4. The van der Waals surface area contributed by atoms with Crippen LogP contribution in [0.5, 0.6) is 0 Å². The van der Waals surface area contributed by atoms with E-state index in [4.69, 9.17) is 5.11 Å². The highest BCUT2D eigenvalue weighted by Gasteiger charge is 2.62. The molecule has 2 amide bonds. The Labute approximate surface area is 271 Å². The number of hydrogen-bond donors (Lipinski definition) is 6. The van der Waals surface area contributed by atoms with Crippen LogP contribution in [0.3, 0.4) is 0 Å². The van der Waals surface area contributed by atoms with Crippen molar-refractivity contribution in [2.45, 2.75) is 116 Å². The van der Waals surface area contributed by atoms with Gasteiger partial charge in [0, 0.05) is 18.5 Å². The van der Waals surface area contributed by atoms with Gasteiger partial charge >= 0.3 is 11.9 Å². The molecule has 4 aliphatic carbocycles. The van der Waals surface area contributed by atoms with Crippen LogP contribution in [-0.2, 0) is 14.4 Å². The lowest BCUT2D eigenvalue weighted by Gasteiger charge is -2.62. The Morgan fingerprint density at radius 1 is 0.848 bits per heavy atom. The Morgan fingerprint density at radius 3 is 2.17 bits per heavy atom. The predicted octanol–water partition coefficient (Wildman–Crippen LogP) is 5.08. The molecule has 0 aromatic heterocycles. The summed E-state index contributed by atoms with van der Waals surface area (Å²) in [6.45, 7) is 7.03. The molecule has 254 valence electrons. The summed E-state index contributed by atoms with van der Waals surface area (Å²) in [6.07, 6.45) is 7.96. The van der Waals surface area contributed by atoms with E-state index < -0.39 is 23.9 Å². The molecule has 5 rings (SSSR count). The number of hydrogen-bond acceptors (Lipinski definition) is 6. The Hall–Kier alpha value is -2.98. The molecule has 0 unspecified atom stereocenters. The summed E-state index contributed by atoms with van der Waals surface area (Å²) in [5, 5.41) is 45.8. The molecule has 1 aromatic carbocycles. The number of benzene rings is 1. The quantitative estimate of drug-likeness (QED) is 0.194. The van der Waals surface area contributed by atoms with E-state index in [1.165, 1.54) is 24.3 Å². The summed E-state index contributed by atoms with van der Waals surface area (Å²) in [7, 11) is 0. The molecule has 4 fully saturated rings. The summed E-state index contributed by atoms with van der Waals surface area (Å²) in [6, 6.07) is 4.48. The third-order valence-corrected chi connectivity index (χ3v) is 13.0. The number of aliphatic hydroxyl groups is 2. The van der Waals surface area contributed by atoms with E-state index >= 15 is 0 Å². The Balaban J connectivity index is 1.12. The van der Waals surface area contributed by atoms with Crippen molar-refractivity contribution in [1.82, 2.24) is 5.32 Å². The lowest BCUT2D eigenvalue weighted by molar-refractivity contribution is -0.174. The first-order valence-electron chi connectivity index (χ1n) is 17.2. The second-order valence-corrected chi connectivity index (χ2v) is 15.4. The van der Waals surface area contributed by atoms with E-state index in [-0.39, 0.29) is 65.6 Å². The molecule has 0 saturated heterocycles. The van der Waals surface area contributed by atoms with Crippen molar-refractivity contribution in [3.63, 3.8) is 0 Å². The molecule has 0 aliphatic heterocycles. The van der Waals surface area contributed by atoms with Crippen LogP contribution in [-0.4, -0.2) is 62.4 Å². The average molecular weight is 641 g/mol. The fraction of sp³-hybridized carbons (Fsp3) is 0.722. The number of anilines is 1. The lowest BCUT2D eigenvalue weighted by atomic mass is 9.43. The van der Waals surface area contributed by atoms with Crippen LogP contribution in [0.4, 0.5) is 5.69 Å². The number of aliphatic carboxylic acids is 1. The number of rotatable bonds is 11. The minimum absolute atomic E-state index is 0.0678. The monoisotopic (exact) mass is 640 g/mol.